The van der Waals surface area contributed by atoms with Gasteiger partial charge in [-0.05, 0) is 24.3 Å². The van der Waals surface area contributed by atoms with E-state index in [9.17, 15) is 4.79 Å². The number of nitrogens with two attached hydrogens (primary N) is 1. The number of anilines is 1. The van der Waals surface area contributed by atoms with Crippen molar-refractivity contribution in [2.24, 2.45) is 0 Å². The van der Waals surface area contributed by atoms with Crippen molar-refractivity contribution in [2.75, 3.05) is 12.8 Å². The fourth-order valence-electron chi connectivity index (χ4n) is 2.20. The summed E-state index contributed by atoms with van der Waals surface area (Å²) < 4.78 is 10.6. The number of methoxy groups -OCH3 is 1. The summed E-state index contributed by atoms with van der Waals surface area (Å²) in [6.45, 7) is 0. The van der Waals surface area contributed by atoms with Crippen molar-refractivity contribution in [3.05, 3.63) is 58.2 Å². The zero-order chi connectivity index (χ0) is 17.3. The molecule has 5 nitrogen and oxygen atoms in total. The second-order valence-corrected chi connectivity index (χ2v) is 5.75. The van der Waals surface area contributed by atoms with Crippen molar-refractivity contribution in [1.82, 2.24) is 4.98 Å². The van der Waals surface area contributed by atoms with Crippen LogP contribution in [0.1, 0.15) is 10.4 Å². The average molecular weight is 363 g/mol. The highest BCUT2D eigenvalue weighted by molar-refractivity contribution is 6.35. The zero-order valence-corrected chi connectivity index (χ0v) is 14.1. The standard InChI is InChI=1S/C17H12Cl2N2O3/c1-23-16-8-15-10(12(18)4-5-21-15)7-11(16)17(22)24-9-2-3-14(20)13(19)6-9/h2-8H,20H2,1H3. The molecule has 0 atom stereocenters. The quantitative estimate of drug-likeness (QED) is 0.425. The largest absolute Gasteiger partial charge is 0.496 e. The molecule has 0 aliphatic carbocycles. The van der Waals surface area contributed by atoms with Gasteiger partial charge in [0.1, 0.15) is 17.1 Å². The molecule has 24 heavy (non-hydrogen) atoms. The van der Waals surface area contributed by atoms with Gasteiger partial charge >= 0.3 is 5.97 Å². The van der Waals surface area contributed by atoms with E-state index in [0.29, 0.717) is 32.4 Å². The lowest BCUT2D eigenvalue weighted by Gasteiger charge is -2.11. The van der Waals surface area contributed by atoms with Crippen molar-refractivity contribution >= 4 is 45.8 Å². The van der Waals surface area contributed by atoms with E-state index < -0.39 is 5.97 Å². The summed E-state index contributed by atoms with van der Waals surface area (Å²) in [7, 11) is 1.46. The van der Waals surface area contributed by atoms with Crippen LogP contribution >= 0.6 is 23.2 Å². The van der Waals surface area contributed by atoms with Crippen LogP contribution in [0, 0.1) is 0 Å². The lowest BCUT2D eigenvalue weighted by Crippen LogP contribution is -2.10. The first-order chi connectivity index (χ1) is 11.5. The van der Waals surface area contributed by atoms with E-state index in [1.165, 1.54) is 13.2 Å². The van der Waals surface area contributed by atoms with Crippen LogP contribution in [0.3, 0.4) is 0 Å². The molecule has 1 aromatic heterocycles. The number of esters is 1. The van der Waals surface area contributed by atoms with E-state index >= 15 is 0 Å². The molecule has 0 radical (unpaired) electrons. The molecule has 2 aromatic carbocycles. The second-order valence-electron chi connectivity index (χ2n) is 4.94. The first-order valence-corrected chi connectivity index (χ1v) is 7.64. The monoisotopic (exact) mass is 362 g/mol. The van der Waals surface area contributed by atoms with Crippen molar-refractivity contribution in [3.8, 4) is 11.5 Å². The molecule has 0 aliphatic heterocycles. The molecule has 122 valence electrons. The number of hydrogen-bond donors (Lipinski definition) is 1. The van der Waals surface area contributed by atoms with Crippen LogP contribution < -0.4 is 15.2 Å². The maximum atomic E-state index is 12.5. The molecule has 7 heteroatoms. The number of pyridine rings is 1. The summed E-state index contributed by atoms with van der Waals surface area (Å²) in [6, 6.07) is 9.45. The van der Waals surface area contributed by atoms with Crippen LogP contribution in [0.2, 0.25) is 10.0 Å². The van der Waals surface area contributed by atoms with Gasteiger partial charge in [-0.25, -0.2) is 4.79 Å². The van der Waals surface area contributed by atoms with Gasteiger partial charge in [0.25, 0.3) is 0 Å². The Morgan fingerprint density at radius 1 is 1.12 bits per heavy atom. The third-order valence-electron chi connectivity index (χ3n) is 3.41. The van der Waals surface area contributed by atoms with Gasteiger partial charge < -0.3 is 15.2 Å². The zero-order valence-electron chi connectivity index (χ0n) is 12.5. The number of aromatic nitrogens is 1. The topological polar surface area (TPSA) is 74.4 Å². The maximum Gasteiger partial charge on any atom is 0.347 e. The summed E-state index contributed by atoms with van der Waals surface area (Å²) in [5, 5.41) is 1.41. The molecule has 0 saturated carbocycles. The molecule has 0 unspecified atom stereocenters. The molecule has 0 bridgehead atoms. The van der Waals surface area contributed by atoms with Gasteiger partial charge in [0.05, 0.1) is 28.4 Å². The summed E-state index contributed by atoms with van der Waals surface area (Å²) >= 11 is 12.1. The Kier molecular flexibility index (Phi) is 4.46. The van der Waals surface area contributed by atoms with Gasteiger partial charge in [-0.3, -0.25) is 4.98 Å². The van der Waals surface area contributed by atoms with Gasteiger partial charge in [0.2, 0.25) is 0 Å². The minimum atomic E-state index is -0.602. The molecule has 0 aliphatic rings. The van der Waals surface area contributed by atoms with Crippen molar-refractivity contribution < 1.29 is 14.3 Å². The number of nitrogen functional groups attached to an aromatic ring is 1. The molecule has 3 rings (SSSR count). The number of nitrogens with zero attached hydrogens (tertiary/aromatic N) is 1. The lowest BCUT2D eigenvalue weighted by molar-refractivity contribution is 0.0731. The summed E-state index contributed by atoms with van der Waals surface area (Å²) in [5.74, 6) is 0.0111. The summed E-state index contributed by atoms with van der Waals surface area (Å²) in [4.78, 5) is 16.7. The Bertz CT molecular complexity index is 945. The molecule has 0 spiro atoms. The fraction of sp³-hybridized carbons (Fsp3) is 0.0588. The van der Waals surface area contributed by atoms with Crippen molar-refractivity contribution in [3.63, 3.8) is 0 Å². The lowest BCUT2D eigenvalue weighted by atomic mass is 10.1. The van der Waals surface area contributed by atoms with Gasteiger partial charge in [0, 0.05) is 23.7 Å². The minimum absolute atomic E-state index is 0.229. The maximum absolute atomic E-state index is 12.5. The number of hydrogen-bond acceptors (Lipinski definition) is 5. The number of ether oxygens (including phenoxy) is 2. The van der Waals surface area contributed by atoms with Gasteiger partial charge in [-0.2, -0.15) is 0 Å². The molecule has 1 heterocycles. The van der Waals surface area contributed by atoms with Crippen LogP contribution in [0.5, 0.6) is 11.5 Å². The Balaban J connectivity index is 2.02. The third kappa shape index (κ3) is 3.09. The summed E-state index contributed by atoms with van der Waals surface area (Å²) in [5.41, 5.74) is 6.89. The highest BCUT2D eigenvalue weighted by Gasteiger charge is 2.18. The highest BCUT2D eigenvalue weighted by atomic mass is 35.5. The fourth-order valence-corrected chi connectivity index (χ4v) is 2.58. The van der Waals surface area contributed by atoms with Crippen LogP contribution in [0.4, 0.5) is 5.69 Å². The molecule has 2 N–H and O–H groups in total. The van der Waals surface area contributed by atoms with Crippen LogP contribution in [-0.4, -0.2) is 18.1 Å². The van der Waals surface area contributed by atoms with Crippen molar-refractivity contribution in [2.45, 2.75) is 0 Å². The first kappa shape index (κ1) is 16.4. The second kappa shape index (κ2) is 6.55. The van der Waals surface area contributed by atoms with E-state index in [-0.39, 0.29) is 11.3 Å². The van der Waals surface area contributed by atoms with Crippen LogP contribution in [0.25, 0.3) is 10.9 Å². The Labute approximate surface area is 147 Å². The van der Waals surface area contributed by atoms with Crippen LogP contribution in [0.15, 0.2) is 42.6 Å². The number of rotatable bonds is 3. The molecule has 0 saturated heterocycles. The van der Waals surface area contributed by atoms with Gasteiger partial charge in [-0.15, -0.1) is 0 Å². The van der Waals surface area contributed by atoms with E-state index in [1.807, 2.05) is 0 Å². The number of halogens is 2. The first-order valence-electron chi connectivity index (χ1n) is 6.89. The Morgan fingerprint density at radius 3 is 2.62 bits per heavy atom. The van der Waals surface area contributed by atoms with Crippen molar-refractivity contribution in [1.29, 1.82) is 0 Å². The van der Waals surface area contributed by atoms with Gasteiger partial charge in [-0.1, -0.05) is 23.2 Å². The highest BCUT2D eigenvalue weighted by Crippen LogP contribution is 2.31. The smallest absolute Gasteiger partial charge is 0.347 e. The van der Waals surface area contributed by atoms with E-state index in [2.05, 4.69) is 4.98 Å². The number of carbonyl (C=O) groups is 1. The van der Waals surface area contributed by atoms with E-state index in [4.69, 9.17) is 38.4 Å². The van der Waals surface area contributed by atoms with E-state index in [1.54, 1.807) is 36.5 Å². The third-order valence-corrected chi connectivity index (χ3v) is 4.07. The summed E-state index contributed by atoms with van der Waals surface area (Å²) in [6.07, 6.45) is 1.58. The molecule has 3 aromatic rings. The predicted molar refractivity (Wildman–Crippen MR) is 94.1 cm³/mol. The molecule has 0 fully saturated rings. The van der Waals surface area contributed by atoms with E-state index in [0.717, 1.165) is 0 Å². The number of carbonyl (C=O) groups excluding carboxylic acids is 1. The minimum Gasteiger partial charge on any atom is -0.496 e. The Hall–Kier alpha value is -2.50. The average Bonchev–Trinajstić information content (AvgIpc) is 2.57. The Morgan fingerprint density at radius 2 is 1.92 bits per heavy atom. The number of benzene rings is 2. The molecular weight excluding hydrogens is 351 g/mol. The van der Waals surface area contributed by atoms with Crippen LogP contribution in [-0.2, 0) is 0 Å². The van der Waals surface area contributed by atoms with Gasteiger partial charge in [0.15, 0.2) is 0 Å². The normalized spacial score (nSPS) is 10.6. The molecular formula is C17H12Cl2N2O3. The molecule has 0 amide bonds. The predicted octanol–water partition coefficient (Wildman–Crippen LogP) is 4.35. The number of fused-ring (bicyclic) bond motifs is 1. The SMILES string of the molecule is COc1cc2nccc(Cl)c2cc1C(=O)Oc1ccc(N)c(Cl)c1.